The fraction of sp³-hybridized carbons (Fsp3) is 0.525. The molecule has 2 saturated carbocycles. The summed E-state index contributed by atoms with van der Waals surface area (Å²) in [5, 5.41) is 0. The first-order chi connectivity index (χ1) is 25.7. The molecule has 2 aromatic carbocycles. The molecule has 0 amide bonds. The van der Waals surface area contributed by atoms with E-state index in [4.69, 9.17) is 37.7 Å². The fourth-order valence-corrected chi connectivity index (χ4v) is 10.5. The zero-order valence-electron chi connectivity index (χ0n) is 31.2. The second-order valence-electron chi connectivity index (χ2n) is 15.7. The number of rotatable bonds is 10. The standard InChI is InChI=1S/C40H47NO11P2/c1-21-26(48-36(45)32(52-54)30(25-15-11-8-12-16-25)41-19-24-13-9-7-10-14-24)18-40-35(50-40)33-38(6,34(44)31(47-22(2)42)29(21)37(40,4)5)27(51-53)17-28-39(33,20-46-28)49-23(3)43/h7-16,19,26-28,30-33,35H,17-18,20,53-54H2,1-6H3/b41-19-/t26-,27-,28+,30-,31+,32+,33?,35-,38+,39-,40+/m0/s1. The summed E-state index contributed by atoms with van der Waals surface area (Å²) >= 11 is 0. The minimum absolute atomic E-state index is 0.0562. The molecule has 0 radical (unpaired) electrons. The third-order valence-electron chi connectivity index (χ3n) is 12.6. The maximum absolute atomic E-state index is 15.3. The molecule has 13 atom stereocenters. The van der Waals surface area contributed by atoms with E-state index in [9.17, 15) is 14.4 Å². The van der Waals surface area contributed by atoms with Crippen LogP contribution in [-0.2, 0) is 51.9 Å². The molecular weight excluding hydrogens is 732 g/mol. The first-order valence-electron chi connectivity index (χ1n) is 18.1. The molecule has 4 fully saturated rings. The van der Waals surface area contributed by atoms with Gasteiger partial charge in [-0.05, 0) is 36.1 Å². The third-order valence-corrected chi connectivity index (χ3v) is 13.2. The summed E-state index contributed by atoms with van der Waals surface area (Å²) in [6, 6.07) is 18.1. The van der Waals surface area contributed by atoms with Crippen LogP contribution in [0.5, 0.6) is 0 Å². The molecule has 2 aromatic rings. The van der Waals surface area contributed by atoms with Crippen LogP contribution >= 0.6 is 18.9 Å². The van der Waals surface area contributed by atoms with Gasteiger partial charge in [0.1, 0.15) is 23.9 Å². The number of ketones is 1. The average molecular weight is 780 g/mol. The lowest BCUT2D eigenvalue weighted by molar-refractivity contribution is -0.318. The van der Waals surface area contributed by atoms with E-state index in [-0.39, 0.29) is 19.4 Å². The first-order valence-corrected chi connectivity index (χ1v) is 19.1. The monoisotopic (exact) mass is 779 g/mol. The number of esters is 3. The summed E-state index contributed by atoms with van der Waals surface area (Å²) in [6.45, 7) is 10.1. The number of Topliss-reactive ketones (excluding diaryl/α,β-unsaturated/α-hetero) is 1. The Morgan fingerprint density at radius 3 is 2.20 bits per heavy atom. The van der Waals surface area contributed by atoms with Gasteiger partial charge in [-0.25, -0.2) is 4.79 Å². The van der Waals surface area contributed by atoms with E-state index in [1.807, 2.05) is 74.5 Å². The summed E-state index contributed by atoms with van der Waals surface area (Å²) in [4.78, 5) is 60.1. The van der Waals surface area contributed by atoms with Crippen molar-refractivity contribution in [3.8, 4) is 0 Å². The quantitative estimate of drug-likeness (QED) is 0.0780. The van der Waals surface area contributed by atoms with Gasteiger partial charge in [0.25, 0.3) is 0 Å². The minimum Gasteiger partial charge on any atom is -0.456 e. The van der Waals surface area contributed by atoms with Crippen molar-refractivity contribution in [2.75, 3.05) is 6.61 Å². The topological polar surface area (TPSA) is 149 Å². The summed E-state index contributed by atoms with van der Waals surface area (Å²) in [5.74, 6) is -3.05. The summed E-state index contributed by atoms with van der Waals surface area (Å²) in [6.07, 6.45) is -3.25. The lowest BCUT2D eigenvalue weighted by Gasteiger charge is -2.63. The number of carbonyl (C=O) groups is 4. The maximum Gasteiger partial charge on any atom is 0.338 e. The molecule has 14 heteroatoms. The Morgan fingerprint density at radius 2 is 1.63 bits per heavy atom. The number of hydrogen-bond donors (Lipinski definition) is 0. The van der Waals surface area contributed by atoms with E-state index in [2.05, 4.69) is 18.9 Å². The summed E-state index contributed by atoms with van der Waals surface area (Å²) in [7, 11) is 4.43. The summed E-state index contributed by atoms with van der Waals surface area (Å²) in [5.41, 5.74) is -1.86. The molecule has 0 aromatic heterocycles. The van der Waals surface area contributed by atoms with Crippen LogP contribution in [0.4, 0.5) is 0 Å². The molecule has 3 unspecified atom stereocenters. The van der Waals surface area contributed by atoms with Crippen molar-refractivity contribution in [3.63, 3.8) is 0 Å². The van der Waals surface area contributed by atoms with E-state index >= 15 is 4.79 Å². The van der Waals surface area contributed by atoms with Gasteiger partial charge in [-0.1, -0.05) is 74.5 Å². The van der Waals surface area contributed by atoms with Crippen LogP contribution in [0.15, 0.2) is 76.8 Å². The number of hydrogen-bond acceptors (Lipinski definition) is 12. The zero-order chi connectivity index (χ0) is 38.8. The van der Waals surface area contributed by atoms with Gasteiger partial charge in [0.15, 0.2) is 23.6 Å². The number of ether oxygens (including phenoxy) is 5. The molecule has 12 nitrogen and oxygen atoms in total. The van der Waals surface area contributed by atoms with Gasteiger partial charge in [-0.3, -0.25) is 19.4 Å². The van der Waals surface area contributed by atoms with E-state index in [1.54, 1.807) is 20.1 Å². The first kappa shape index (κ1) is 38.9. The van der Waals surface area contributed by atoms with Crippen LogP contribution in [0.25, 0.3) is 0 Å². The molecule has 5 aliphatic rings. The van der Waals surface area contributed by atoms with Crippen LogP contribution in [0, 0.1) is 16.7 Å². The molecular formula is C40H47NO11P2. The highest BCUT2D eigenvalue weighted by molar-refractivity contribution is 7.10. The highest BCUT2D eigenvalue weighted by Gasteiger charge is 2.83. The molecule has 1 spiro atoms. The van der Waals surface area contributed by atoms with E-state index < -0.39 is 94.3 Å². The highest BCUT2D eigenvalue weighted by atomic mass is 31.0. The van der Waals surface area contributed by atoms with Crippen molar-refractivity contribution in [1.29, 1.82) is 0 Å². The molecule has 288 valence electrons. The van der Waals surface area contributed by atoms with Crippen molar-refractivity contribution < 1.29 is 51.9 Å². The molecule has 54 heavy (non-hydrogen) atoms. The minimum atomic E-state index is -1.38. The predicted molar refractivity (Wildman–Crippen MR) is 202 cm³/mol. The highest BCUT2D eigenvalue weighted by Crippen LogP contribution is 2.71. The van der Waals surface area contributed by atoms with Gasteiger partial charge in [-0.2, -0.15) is 0 Å². The molecule has 2 saturated heterocycles. The van der Waals surface area contributed by atoms with Crippen LogP contribution < -0.4 is 0 Å². The van der Waals surface area contributed by atoms with Crippen LogP contribution in [0.1, 0.15) is 71.6 Å². The van der Waals surface area contributed by atoms with Crippen LogP contribution in [0.2, 0.25) is 0 Å². The molecule has 2 bridgehead atoms. The largest absolute Gasteiger partial charge is 0.456 e. The van der Waals surface area contributed by atoms with Crippen molar-refractivity contribution in [2.24, 2.45) is 21.7 Å². The Kier molecular flexibility index (Phi) is 10.3. The number of epoxide rings is 1. The number of fused-ring (bicyclic) bond motifs is 5. The predicted octanol–water partition coefficient (Wildman–Crippen LogP) is 5.23. The Labute approximate surface area is 319 Å². The van der Waals surface area contributed by atoms with E-state index in [1.165, 1.54) is 13.8 Å². The summed E-state index contributed by atoms with van der Waals surface area (Å²) < 4.78 is 43.1. The Morgan fingerprint density at radius 1 is 0.963 bits per heavy atom. The van der Waals surface area contributed by atoms with E-state index in [0.29, 0.717) is 11.1 Å². The Bertz CT molecular complexity index is 1890. The number of carbonyl (C=O) groups excluding carboxylic acids is 4. The maximum atomic E-state index is 15.3. The molecule has 7 rings (SSSR count). The second kappa shape index (κ2) is 14.3. The van der Waals surface area contributed by atoms with E-state index in [0.717, 1.165) is 11.1 Å². The SMILES string of the molecule is CC(=O)O[C@H]1C(=O)[C@@]2(C)C([C@@H]3O[C@]34C[C@H](OC(=O)[C@H](OP)[C@@H](/N=C\c3ccccc3)c3ccccc3)C(C)=C1C4(C)C)[C@]1(OC(C)=O)CO[C@@H]1C[C@@H]2OP. The average Bonchev–Trinajstić information content (AvgIpc) is 3.85. The van der Waals surface area contributed by atoms with Gasteiger partial charge in [0.2, 0.25) is 0 Å². The van der Waals surface area contributed by atoms with Gasteiger partial charge in [0, 0.05) is 63.2 Å². The molecule has 0 N–H and O–H groups in total. The number of nitrogens with zero attached hydrogens (tertiary/aromatic N) is 1. The molecule has 2 heterocycles. The number of aliphatic imine (C=N–C) groups is 1. The van der Waals surface area contributed by atoms with Gasteiger partial charge in [-0.15, -0.1) is 0 Å². The van der Waals surface area contributed by atoms with Crippen molar-refractivity contribution in [3.05, 3.63) is 82.9 Å². The van der Waals surface area contributed by atoms with Gasteiger partial charge in [0.05, 0.1) is 24.2 Å². The van der Waals surface area contributed by atoms with Crippen molar-refractivity contribution >= 4 is 48.8 Å². The lowest BCUT2D eigenvalue weighted by Crippen LogP contribution is -2.78. The molecule has 3 aliphatic carbocycles. The van der Waals surface area contributed by atoms with Crippen LogP contribution in [-0.4, -0.2) is 84.3 Å². The van der Waals surface area contributed by atoms with Crippen molar-refractivity contribution in [1.82, 2.24) is 0 Å². The third kappa shape index (κ3) is 6.00. The molecule has 2 aliphatic heterocycles. The lowest BCUT2D eigenvalue weighted by atomic mass is 9.47. The fourth-order valence-electron chi connectivity index (χ4n) is 9.87. The number of benzene rings is 2. The van der Waals surface area contributed by atoms with Crippen LogP contribution in [0.3, 0.4) is 0 Å². The second-order valence-corrected chi connectivity index (χ2v) is 16.2. The van der Waals surface area contributed by atoms with Gasteiger partial charge >= 0.3 is 17.9 Å². The normalized spacial score (nSPS) is 35.9. The Balaban J connectivity index is 1.32. The smallest absolute Gasteiger partial charge is 0.338 e. The van der Waals surface area contributed by atoms with Gasteiger partial charge < -0.3 is 32.7 Å². The zero-order valence-corrected chi connectivity index (χ0v) is 33.5. The van der Waals surface area contributed by atoms with Crippen molar-refractivity contribution in [2.45, 2.75) is 108 Å². The Hall–Kier alpha value is -3.37.